The first-order chi connectivity index (χ1) is 8.49. The zero-order valence-corrected chi connectivity index (χ0v) is 10.9. The number of nitrogens with zero attached hydrogens (tertiary/aromatic N) is 1. The van der Waals surface area contributed by atoms with Crippen molar-refractivity contribution in [2.75, 3.05) is 7.11 Å². The number of benzene rings is 1. The number of nitro benzene ring substituents is 1. The Hall–Kier alpha value is -1.62. The molecule has 0 heterocycles. The standard InChI is InChI=1S/C13H19NO4/c1-4-10(9(2)15)7-11-8-12(14(16)17)5-6-13(11)18-3/h5-6,8-10,15H,4,7H2,1-3H3. The van der Waals surface area contributed by atoms with E-state index in [-0.39, 0.29) is 11.6 Å². The quantitative estimate of drug-likeness (QED) is 0.624. The predicted molar refractivity (Wildman–Crippen MR) is 68.8 cm³/mol. The lowest BCUT2D eigenvalue weighted by Crippen LogP contribution is -2.18. The minimum absolute atomic E-state index is 0.0474. The average molecular weight is 253 g/mol. The van der Waals surface area contributed by atoms with Gasteiger partial charge in [-0.3, -0.25) is 10.1 Å². The van der Waals surface area contributed by atoms with Crippen LogP contribution in [0, 0.1) is 16.0 Å². The van der Waals surface area contributed by atoms with E-state index in [9.17, 15) is 15.2 Å². The highest BCUT2D eigenvalue weighted by molar-refractivity contribution is 5.44. The van der Waals surface area contributed by atoms with Gasteiger partial charge >= 0.3 is 0 Å². The van der Waals surface area contributed by atoms with Crippen LogP contribution in [0.1, 0.15) is 25.8 Å². The summed E-state index contributed by atoms with van der Waals surface area (Å²) in [7, 11) is 1.54. The molecule has 2 atom stereocenters. The van der Waals surface area contributed by atoms with Crippen molar-refractivity contribution in [3.63, 3.8) is 0 Å². The molecule has 0 amide bonds. The molecular formula is C13H19NO4. The summed E-state index contributed by atoms with van der Waals surface area (Å²) < 4.78 is 5.20. The van der Waals surface area contributed by atoms with Gasteiger partial charge in [0.2, 0.25) is 0 Å². The summed E-state index contributed by atoms with van der Waals surface area (Å²) in [5.41, 5.74) is 0.811. The molecule has 1 aromatic carbocycles. The van der Waals surface area contributed by atoms with Crippen molar-refractivity contribution in [1.29, 1.82) is 0 Å². The smallest absolute Gasteiger partial charge is 0.269 e. The van der Waals surface area contributed by atoms with Crippen LogP contribution >= 0.6 is 0 Å². The van der Waals surface area contributed by atoms with Crippen LogP contribution in [0.5, 0.6) is 5.75 Å². The Bertz CT molecular complexity index is 417. The molecule has 5 nitrogen and oxygen atoms in total. The number of aliphatic hydroxyl groups is 1. The minimum atomic E-state index is -0.445. The van der Waals surface area contributed by atoms with Crippen LogP contribution in [0.4, 0.5) is 5.69 Å². The van der Waals surface area contributed by atoms with E-state index in [1.165, 1.54) is 19.2 Å². The Morgan fingerprint density at radius 2 is 2.17 bits per heavy atom. The molecule has 1 aromatic rings. The summed E-state index contributed by atoms with van der Waals surface area (Å²) in [6, 6.07) is 4.54. The second-order valence-corrected chi connectivity index (χ2v) is 4.37. The van der Waals surface area contributed by atoms with Crippen LogP contribution in [-0.2, 0) is 6.42 Å². The van der Waals surface area contributed by atoms with Gasteiger partial charge in [0.05, 0.1) is 18.1 Å². The third-order valence-corrected chi connectivity index (χ3v) is 3.16. The SMILES string of the molecule is CCC(Cc1cc([N+](=O)[O-])ccc1OC)C(C)O. The molecule has 0 radical (unpaired) electrons. The summed E-state index contributed by atoms with van der Waals surface area (Å²) in [4.78, 5) is 10.3. The highest BCUT2D eigenvalue weighted by Gasteiger charge is 2.18. The molecule has 18 heavy (non-hydrogen) atoms. The van der Waals surface area contributed by atoms with E-state index in [4.69, 9.17) is 4.74 Å². The number of nitro groups is 1. The number of methoxy groups -OCH3 is 1. The second-order valence-electron chi connectivity index (χ2n) is 4.37. The molecular weight excluding hydrogens is 234 g/mol. The highest BCUT2D eigenvalue weighted by atomic mass is 16.6. The van der Waals surface area contributed by atoms with Crippen LogP contribution in [0.3, 0.4) is 0 Å². The first-order valence-electron chi connectivity index (χ1n) is 5.99. The van der Waals surface area contributed by atoms with Crippen LogP contribution < -0.4 is 4.74 Å². The lowest BCUT2D eigenvalue weighted by Gasteiger charge is -2.19. The number of ether oxygens (including phenoxy) is 1. The molecule has 0 saturated carbocycles. The first kappa shape index (κ1) is 14.4. The monoisotopic (exact) mass is 253 g/mol. The Labute approximate surface area is 107 Å². The van der Waals surface area contributed by atoms with E-state index in [0.717, 1.165) is 12.0 Å². The van der Waals surface area contributed by atoms with Gasteiger partial charge in [-0.2, -0.15) is 0 Å². The van der Waals surface area contributed by atoms with Gasteiger partial charge in [0.25, 0.3) is 5.69 Å². The fourth-order valence-corrected chi connectivity index (χ4v) is 1.98. The predicted octanol–water partition coefficient (Wildman–Crippen LogP) is 2.55. The first-order valence-corrected chi connectivity index (χ1v) is 5.99. The van der Waals surface area contributed by atoms with Crippen molar-refractivity contribution in [3.05, 3.63) is 33.9 Å². The summed E-state index contributed by atoms with van der Waals surface area (Å²) in [6.45, 7) is 3.72. The fraction of sp³-hybridized carbons (Fsp3) is 0.538. The third kappa shape index (κ3) is 3.43. The average Bonchev–Trinajstić information content (AvgIpc) is 2.35. The maximum atomic E-state index is 10.8. The van der Waals surface area contributed by atoms with Gasteiger partial charge in [-0.25, -0.2) is 0 Å². The molecule has 0 aliphatic carbocycles. The number of aliphatic hydroxyl groups excluding tert-OH is 1. The second kappa shape index (κ2) is 6.35. The highest BCUT2D eigenvalue weighted by Crippen LogP contribution is 2.28. The van der Waals surface area contributed by atoms with Crippen LogP contribution in [0.15, 0.2) is 18.2 Å². The van der Waals surface area contributed by atoms with Gasteiger partial charge < -0.3 is 9.84 Å². The molecule has 2 unspecified atom stereocenters. The molecule has 0 fully saturated rings. The zero-order chi connectivity index (χ0) is 13.7. The van der Waals surface area contributed by atoms with Gasteiger partial charge in [0, 0.05) is 17.7 Å². The lowest BCUT2D eigenvalue weighted by molar-refractivity contribution is -0.384. The molecule has 1 N–H and O–H groups in total. The lowest BCUT2D eigenvalue weighted by atomic mass is 9.92. The molecule has 0 spiro atoms. The van der Waals surface area contributed by atoms with Gasteiger partial charge in [-0.1, -0.05) is 13.3 Å². The van der Waals surface area contributed by atoms with Crippen molar-refractivity contribution >= 4 is 5.69 Å². The molecule has 0 bridgehead atoms. The van der Waals surface area contributed by atoms with E-state index in [1.807, 2.05) is 6.92 Å². The summed E-state index contributed by atoms with van der Waals surface area (Å²) in [6.07, 6.45) is 0.932. The largest absolute Gasteiger partial charge is 0.496 e. The molecule has 5 heteroatoms. The van der Waals surface area contributed by atoms with Gasteiger partial charge in [0.1, 0.15) is 5.75 Å². The van der Waals surface area contributed by atoms with Crippen molar-refractivity contribution in [3.8, 4) is 5.75 Å². The maximum Gasteiger partial charge on any atom is 0.269 e. The number of non-ortho nitro benzene ring substituents is 1. The topological polar surface area (TPSA) is 72.6 Å². The normalized spacial score (nSPS) is 14.0. The number of hydrogen-bond donors (Lipinski definition) is 1. The molecule has 0 aliphatic heterocycles. The molecule has 0 aromatic heterocycles. The van der Waals surface area contributed by atoms with Crippen molar-refractivity contribution in [1.82, 2.24) is 0 Å². The summed E-state index contributed by atoms with van der Waals surface area (Å²) in [5.74, 6) is 0.695. The summed E-state index contributed by atoms with van der Waals surface area (Å²) in [5, 5.41) is 20.4. The van der Waals surface area contributed by atoms with E-state index >= 15 is 0 Å². The zero-order valence-electron chi connectivity index (χ0n) is 10.9. The Balaban J connectivity index is 3.04. The molecule has 1 rings (SSSR count). The fourth-order valence-electron chi connectivity index (χ4n) is 1.98. The van der Waals surface area contributed by atoms with Gasteiger partial charge in [-0.15, -0.1) is 0 Å². The number of rotatable bonds is 6. The van der Waals surface area contributed by atoms with Gasteiger partial charge in [0.15, 0.2) is 0 Å². The van der Waals surface area contributed by atoms with E-state index in [2.05, 4.69) is 0 Å². The Morgan fingerprint density at radius 3 is 2.61 bits per heavy atom. The Morgan fingerprint density at radius 1 is 1.50 bits per heavy atom. The molecule has 100 valence electrons. The summed E-state index contributed by atoms with van der Waals surface area (Å²) >= 11 is 0. The molecule has 0 aliphatic rings. The maximum absolute atomic E-state index is 10.8. The molecule has 0 saturated heterocycles. The van der Waals surface area contributed by atoms with Crippen LogP contribution in [0.2, 0.25) is 0 Å². The van der Waals surface area contributed by atoms with E-state index in [0.29, 0.717) is 12.2 Å². The third-order valence-electron chi connectivity index (χ3n) is 3.16. The van der Waals surface area contributed by atoms with Crippen LogP contribution in [0.25, 0.3) is 0 Å². The Kier molecular flexibility index (Phi) is 5.09. The number of hydrogen-bond acceptors (Lipinski definition) is 4. The van der Waals surface area contributed by atoms with E-state index < -0.39 is 11.0 Å². The van der Waals surface area contributed by atoms with E-state index in [1.54, 1.807) is 13.0 Å². The van der Waals surface area contributed by atoms with Crippen molar-refractivity contribution in [2.24, 2.45) is 5.92 Å². The van der Waals surface area contributed by atoms with Crippen molar-refractivity contribution in [2.45, 2.75) is 32.8 Å². The van der Waals surface area contributed by atoms with Gasteiger partial charge in [-0.05, 0) is 25.3 Å². The van der Waals surface area contributed by atoms with Crippen molar-refractivity contribution < 1.29 is 14.8 Å². The minimum Gasteiger partial charge on any atom is -0.496 e. The van der Waals surface area contributed by atoms with Crippen LogP contribution in [-0.4, -0.2) is 23.2 Å².